The lowest BCUT2D eigenvalue weighted by atomic mass is 10.1. The summed E-state index contributed by atoms with van der Waals surface area (Å²) in [4.78, 5) is 12.7. The fourth-order valence-corrected chi connectivity index (χ4v) is 3.98. The van der Waals surface area contributed by atoms with Gasteiger partial charge in [0, 0.05) is 41.4 Å². The van der Waals surface area contributed by atoms with E-state index in [9.17, 15) is 4.39 Å². The zero-order valence-corrected chi connectivity index (χ0v) is 18.2. The molecule has 0 saturated heterocycles. The lowest BCUT2D eigenvalue weighted by molar-refractivity contribution is 0.419. The van der Waals surface area contributed by atoms with E-state index >= 15 is 0 Å². The van der Waals surface area contributed by atoms with Gasteiger partial charge in [-0.05, 0) is 25.1 Å². The minimum absolute atomic E-state index is 0.267. The summed E-state index contributed by atoms with van der Waals surface area (Å²) in [6.07, 6.45) is 4.62. The van der Waals surface area contributed by atoms with E-state index in [0.29, 0.717) is 35.9 Å². The van der Waals surface area contributed by atoms with E-state index in [1.165, 1.54) is 18.8 Å². The molecule has 0 aliphatic heterocycles. The van der Waals surface area contributed by atoms with Crippen molar-refractivity contribution in [2.24, 2.45) is 0 Å². The molecule has 5 aromatic rings. The molecule has 0 saturated carbocycles. The number of fused-ring (bicyclic) bond motifs is 1. The number of aromatic nitrogens is 4. The van der Waals surface area contributed by atoms with Gasteiger partial charge in [0.15, 0.2) is 12.2 Å². The van der Waals surface area contributed by atoms with Crippen molar-refractivity contribution in [3.05, 3.63) is 79.0 Å². The van der Waals surface area contributed by atoms with Crippen LogP contribution in [0.1, 0.15) is 5.69 Å². The van der Waals surface area contributed by atoms with Crippen LogP contribution < -0.4 is 10.1 Å². The van der Waals surface area contributed by atoms with E-state index in [0.717, 1.165) is 27.9 Å². The molecule has 0 radical (unpaired) electrons. The Morgan fingerprint density at radius 3 is 2.64 bits per heavy atom. The summed E-state index contributed by atoms with van der Waals surface area (Å²) in [5.41, 5.74) is 4.22. The molecular formula is C25H22FN5O2. The van der Waals surface area contributed by atoms with E-state index in [1.54, 1.807) is 19.4 Å². The highest BCUT2D eigenvalue weighted by Crippen LogP contribution is 2.31. The van der Waals surface area contributed by atoms with Gasteiger partial charge in [-0.3, -0.25) is 0 Å². The average Bonchev–Trinajstić information content (AvgIpc) is 3.49. The van der Waals surface area contributed by atoms with Crippen molar-refractivity contribution in [3.63, 3.8) is 0 Å². The fourth-order valence-electron chi connectivity index (χ4n) is 3.98. The van der Waals surface area contributed by atoms with Gasteiger partial charge in [-0.2, -0.15) is 0 Å². The molecule has 2 aromatic carbocycles. The number of hydrogen-bond acceptors (Lipinski definition) is 6. The number of ether oxygens (including phenoxy) is 1. The van der Waals surface area contributed by atoms with Crippen LogP contribution in [0.25, 0.3) is 33.5 Å². The summed E-state index contributed by atoms with van der Waals surface area (Å²) in [6, 6.07) is 14.8. The first kappa shape index (κ1) is 20.7. The topological polar surface area (TPSA) is 78.0 Å². The van der Waals surface area contributed by atoms with Crippen LogP contribution >= 0.6 is 0 Å². The number of hydrogen-bond donors (Lipinski definition) is 1. The Bertz CT molecular complexity index is 1390. The third-order valence-electron chi connectivity index (χ3n) is 5.60. The second-order valence-electron chi connectivity index (χ2n) is 7.61. The zero-order valence-electron chi connectivity index (χ0n) is 18.2. The Balaban J connectivity index is 1.31. The zero-order chi connectivity index (χ0) is 22.8. The molecule has 0 atom stereocenters. The fraction of sp³-hybridized carbons (Fsp3) is 0.160. The second-order valence-corrected chi connectivity index (χ2v) is 7.61. The van der Waals surface area contributed by atoms with Gasteiger partial charge in [0.2, 0.25) is 0 Å². The quantitative estimate of drug-likeness (QED) is 0.367. The molecule has 7 nitrogen and oxygen atoms in total. The van der Waals surface area contributed by atoms with Crippen LogP contribution in [0.5, 0.6) is 5.75 Å². The van der Waals surface area contributed by atoms with Gasteiger partial charge >= 0.3 is 0 Å². The van der Waals surface area contributed by atoms with Crippen LogP contribution in [0.3, 0.4) is 0 Å². The molecule has 0 aliphatic rings. The highest BCUT2D eigenvalue weighted by Gasteiger charge is 2.14. The van der Waals surface area contributed by atoms with Gasteiger partial charge in [-0.25, -0.2) is 19.3 Å². The minimum atomic E-state index is -0.267. The van der Waals surface area contributed by atoms with Crippen LogP contribution in [0.2, 0.25) is 0 Å². The van der Waals surface area contributed by atoms with E-state index in [4.69, 9.17) is 9.15 Å². The largest absolute Gasteiger partial charge is 0.496 e. The summed E-state index contributed by atoms with van der Waals surface area (Å²) in [5.74, 6) is 1.81. The van der Waals surface area contributed by atoms with E-state index in [-0.39, 0.29) is 5.82 Å². The first-order valence-corrected chi connectivity index (χ1v) is 10.5. The van der Waals surface area contributed by atoms with Crippen molar-refractivity contribution in [2.75, 3.05) is 19.0 Å². The van der Waals surface area contributed by atoms with Gasteiger partial charge in [-0.15, -0.1) is 0 Å². The van der Waals surface area contributed by atoms with Crippen LogP contribution in [-0.2, 0) is 6.54 Å². The number of nitrogens with one attached hydrogen (secondary N) is 1. The van der Waals surface area contributed by atoms with Crippen molar-refractivity contribution in [1.82, 2.24) is 19.5 Å². The molecule has 0 bridgehead atoms. The van der Waals surface area contributed by atoms with E-state index < -0.39 is 0 Å². The average molecular weight is 443 g/mol. The maximum Gasteiger partial charge on any atom is 0.181 e. The van der Waals surface area contributed by atoms with E-state index in [2.05, 4.69) is 20.3 Å². The normalized spacial score (nSPS) is 11.1. The highest BCUT2D eigenvalue weighted by atomic mass is 19.1. The molecule has 0 aliphatic carbocycles. The molecular weight excluding hydrogens is 421 g/mol. The van der Waals surface area contributed by atoms with Crippen LogP contribution in [0.4, 0.5) is 10.2 Å². The first-order valence-electron chi connectivity index (χ1n) is 10.5. The summed E-state index contributed by atoms with van der Waals surface area (Å²) < 4.78 is 27.2. The highest BCUT2D eigenvalue weighted by molar-refractivity contribution is 5.88. The maximum absolute atomic E-state index is 14.6. The third-order valence-corrected chi connectivity index (χ3v) is 5.60. The van der Waals surface area contributed by atoms with E-state index in [1.807, 2.05) is 47.9 Å². The Morgan fingerprint density at radius 2 is 1.88 bits per heavy atom. The molecule has 0 spiro atoms. The molecule has 3 heterocycles. The molecule has 5 rings (SSSR count). The molecule has 0 unspecified atom stereocenters. The van der Waals surface area contributed by atoms with Gasteiger partial charge in [-0.1, -0.05) is 24.3 Å². The number of anilines is 1. The third kappa shape index (κ3) is 4.03. The number of rotatable bonds is 7. The summed E-state index contributed by atoms with van der Waals surface area (Å²) in [5, 5.41) is 4.09. The summed E-state index contributed by atoms with van der Waals surface area (Å²) >= 11 is 0. The van der Waals surface area contributed by atoms with Gasteiger partial charge < -0.3 is 19.0 Å². The second kappa shape index (κ2) is 8.74. The Labute approximate surface area is 189 Å². The van der Waals surface area contributed by atoms with Crippen molar-refractivity contribution >= 4 is 16.7 Å². The van der Waals surface area contributed by atoms with Crippen molar-refractivity contribution in [2.45, 2.75) is 13.5 Å². The van der Waals surface area contributed by atoms with Gasteiger partial charge in [0.25, 0.3) is 0 Å². The van der Waals surface area contributed by atoms with Crippen LogP contribution in [0, 0.1) is 12.7 Å². The monoisotopic (exact) mass is 443 g/mol. The number of halogens is 1. The maximum atomic E-state index is 14.6. The number of benzene rings is 2. The van der Waals surface area contributed by atoms with Crippen LogP contribution in [0.15, 0.2) is 71.9 Å². The van der Waals surface area contributed by atoms with Crippen molar-refractivity contribution in [3.8, 4) is 28.3 Å². The Morgan fingerprint density at radius 1 is 1.06 bits per heavy atom. The predicted octanol–water partition coefficient (Wildman–Crippen LogP) is 5.32. The lowest BCUT2D eigenvalue weighted by Gasteiger charge is -2.12. The SMILES string of the molecule is COc1ccc(F)c2c1cc(C)n2CCNc1cc(-c2ccc(-c3cnco3)cc2)ncn1. The molecule has 8 heteroatoms. The molecule has 0 fully saturated rings. The first-order chi connectivity index (χ1) is 16.1. The minimum Gasteiger partial charge on any atom is -0.496 e. The Kier molecular flexibility index (Phi) is 5.48. The van der Waals surface area contributed by atoms with Gasteiger partial charge in [0.1, 0.15) is 23.7 Å². The van der Waals surface area contributed by atoms with Crippen molar-refractivity contribution < 1.29 is 13.5 Å². The number of methoxy groups -OCH3 is 1. The molecule has 3 aromatic heterocycles. The van der Waals surface area contributed by atoms with Crippen molar-refractivity contribution in [1.29, 1.82) is 0 Å². The standard InChI is InChI=1S/C25H22FN5O2/c1-16-11-19-22(32-2)8-7-20(26)25(19)31(16)10-9-28-24-12-21(29-14-30-24)17-3-5-18(6-4-17)23-13-27-15-33-23/h3-8,11-15H,9-10H2,1-2H3,(H,28,29,30). The molecule has 33 heavy (non-hydrogen) atoms. The predicted molar refractivity (Wildman–Crippen MR) is 125 cm³/mol. The molecule has 0 amide bonds. The summed E-state index contributed by atoms with van der Waals surface area (Å²) in [7, 11) is 1.59. The summed E-state index contributed by atoms with van der Waals surface area (Å²) in [6.45, 7) is 3.11. The van der Waals surface area contributed by atoms with Gasteiger partial charge in [0.05, 0.1) is 24.5 Å². The number of nitrogens with zero attached hydrogens (tertiary/aromatic N) is 4. The lowest BCUT2D eigenvalue weighted by Crippen LogP contribution is -2.13. The molecule has 1 N–H and O–H groups in total. The number of aryl methyl sites for hydroxylation is 1. The Hall–Kier alpha value is -4.20. The molecule has 166 valence electrons. The number of oxazole rings is 1. The smallest absolute Gasteiger partial charge is 0.181 e. The van der Waals surface area contributed by atoms with Crippen LogP contribution in [-0.4, -0.2) is 33.2 Å².